The van der Waals surface area contributed by atoms with Crippen molar-refractivity contribution < 1.29 is 12.9 Å². The van der Waals surface area contributed by atoms with Gasteiger partial charge in [0.1, 0.15) is 12.0 Å². The predicted molar refractivity (Wildman–Crippen MR) is 104 cm³/mol. The maximum atomic E-state index is 12.5. The summed E-state index contributed by atoms with van der Waals surface area (Å²) in [7, 11) is -1.61. The Morgan fingerprint density at radius 1 is 1.37 bits per heavy atom. The van der Waals surface area contributed by atoms with Gasteiger partial charge in [0.2, 0.25) is 10.0 Å². The minimum absolute atomic E-state index is 0.121. The van der Waals surface area contributed by atoms with Crippen LogP contribution in [0.25, 0.3) is 0 Å². The van der Waals surface area contributed by atoms with Crippen LogP contribution < -0.4 is 5.32 Å². The lowest BCUT2D eigenvalue weighted by Crippen LogP contribution is -2.54. The van der Waals surface area contributed by atoms with Crippen molar-refractivity contribution in [3.05, 3.63) is 18.0 Å². The number of nitrogens with one attached hydrogen (secondary N) is 1. The number of likely N-dealkylation sites (N-methyl/N-ethyl adjacent to an activating group) is 1. The minimum atomic E-state index is -3.38. The van der Waals surface area contributed by atoms with E-state index in [1.54, 1.807) is 13.1 Å². The molecule has 0 amide bonds. The summed E-state index contributed by atoms with van der Waals surface area (Å²) in [6.45, 7) is 7.27. The van der Waals surface area contributed by atoms with Gasteiger partial charge in [-0.2, -0.15) is 4.31 Å². The second kappa shape index (κ2) is 9.03. The molecule has 1 saturated heterocycles. The highest BCUT2D eigenvalue weighted by molar-refractivity contribution is 7.88. The third kappa shape index (κ3) is 5.43. The van der Waals surface area contributed by atoms with E-state index >= 15 is 0 Å². The van der Waals surface area contributed by atoms with Crippen molar-refractivity contribution in [1.29, 1.82) is 0 Å². The zero-order valence-electron chi connectivity index (χ0n) is 16.2. The van der Waals surface area contributed by atoms with Crippen LogP contribution in [0.4, 0.5) is 0 Å². The third-order valence-electron chi connectivity index (χ3n) is 5.12. The fourth-order valence-corrected chi connectivity index (χ4v) is 4.88. The molecule has 1 N–H and O–H groups in total. The van der Waals surface area contributed by atoms with E-state index in [0.717, 1.165) is 31.6 Å². The summed E-state index contributed by atoms with van der Waals surface area (Å²) < 4.78 is 31.3. The molecule has 0 spiro atoms. The first-order valence-corrected chi connectivity index (χ1v) is 11.2. The van der Waals surface area contributed by atoms with E-state index in [9.17, 15) is 8.42 Å². The molecule has 0 radical (unpaired) electrons. The lowest BCUT2D eigenvalue weighted by atomic mass is 10.4. The number of rotatable bonds is 8. The Balaban J connectivity index is 1.45. The molecule has 27 heavy (non-hydrogen) atoms. The average Bonchev–Trinajstić information content (AvgIpc) is 3.39. The molecule has 9 nitrogen and oxygen atoms in total. The SMILES string of the molecule is CCN(CCNC(=NC)N1CCN(S(=O)(=O)Cc2ccon2)CC1)C1CC1. The summed E-state index contributed by atoms with van der Waals surface area (Å²) in [4.78, 5) is 8.98. The van der Waals surface area contributed by atoms with Gasteiger partial charge in [-0.15, -0.1) is 0 Å². The summed E-state index contributed by atoms with van der Waals surface area (Å²) in [5.41, 5.74) is 0.436. The van der Waals surface area contributed by atoms with Crippen LogP contribution in [-0.2, 0) is 15.8 Å². The fraction of sp³-hybridized carbons (Fsp3) is 0.765. The molecule has 0 aromatic carbocycles. The van der Waals surface area contributed by atoms with Crippen LogP contribution in [0, 0.1) is 0 Å². The summed E-state index contributed by atoms with van der Waals surface area (Å²) in [5.74, 6) is 0.722. The van der Waals surface area contributed by atoms with Crippen molar-refractivity contribution in [3.63, 3.8) is 0 Å². The van der Waals surface area contributed by atoms with Crippen LogP contribution in [0.5, 0.6) is 0 Å². The van der Waals surface area contributed by atoms with Crippen LogP contribution in [0.2, 0.25) is 0 Å². The number of aromatic nitrogens is 1. The van der Waals surface area contributed by atoms with E-state index in [4.69, 9.17) is 4.52 Å². The molecule has 2 fully saturated rings. The molecule has 3 rings (SSSR count). The number of sulfonamides is 1. The molecular weight excluding hydrogens is 368 g/mol. The lowest BCUT2D eigenvalue weighted by Gasteiger charge is -2.36. The first kappa shape index (κ1) is 20.1. The number of nitrogens with zero attached hydrogens (tertiary/aromatic N) is 5. The van der Waals surface area contributed by atoms with Crippen molar-refractivity contribution in [2.24, 2.45) is 4.99 Å². The van der Waals surface area contributed by atoms with Gasteiger partial charge in [0.15, 0.2) is 5.96 Å². The Morgan fingerprint density at radius 3 is 2.67 bits per heavy atom. The molecule has 1 aromatic heterocycles. The standard InChI is InChI=1S/C17H30N6O3S/c1-3-21(16-4-5-16)8-7-19-17(18-2)22-9-11-23(12-10-22)27(24,25)14-15-6-13-26-20-15/h6,13,16H,3-5,7-12,14H2,1-2H3,(H,18,19). The normalized spacial score (nSPS) is 19.7. The minimum Gasteiger partial charge on any atom is -0.364 e. The Bertz CT molecular complexity index is 709. The smallest absolute Gasteiger partial charge is 0.220 e. The molecule has 152 valence electrons. The quantitative estimate of drug-likeness (QED) is 0.493. The molecule has 0 unspecified atom stereocenters. The van der Waals surface area contributed by atoms with E-state index in [2.05, 4.69) is 32.2 Å². The molecule has 0 atom stereocenters. The van der Waals surface area contributed by atoms with Crippen molar-refractivity contribution in [3.8, 4) is 0 Å². The van der Waals surface area contributed by atoms with Crippen molar-refractivity contribution in [1.82, 2.24) is 24.6 Å². The number of hydrogen-bond donors (Lipinski definition) is 1. The first-order valence-electron chi connectivity index (χ1n) is 9.60. The second-order valence-corrected chi connectivity index (χ2v) is 8.94. The Labute approximate surface area is 161 Å². The lowest BCUT2D eigenvalue weighted by molar-refractivity contribution is 0.254. The summed E-state index contributed by atoms with van der Waals surface area (Å²) in [6, 6.07) is 2.35. The molecule has 1 aliphatic carbocycles. The van der Waals surface area contributed by atoms with Crippen LogP contribution in [-0.4, -0.2) is 92.5 Å². The largest absolute Gasteiger partial charge is 0.364 e. The Hall–Kier alpha value is -1.65. The molecule has 0 bridgehead atoms. The van der Waals surface area contributed by atoms with E-state index in [1.165, 1.54) is 23.4 Å². The van der Waals surface area contributed by atoms with E-state index < -0.39 is 10.0 Å². The second-order valence-electron chi connectivity index (χ2n) is 6.97. The van der Waals surface area contributed by atoms with Crippen LogP contribution >= 0.6 is 0 Å². The molecule has 1 aromatic rings. The van der Waals surface area contributed by atoms with Gasteiger partial charge < -0.3 is 14.7 Å². The molecular formula is C17H30N6O3S. The average molecular weight is 399 g/mol. The van der Waals surface area contributed by atoms with Gasteiger partial charge in [-0.05, 0) is 19.4 Å². The van der Waals surface area contributed by atoms with Crippen molar-refractivity contribution >= 4 is 16.0 Å². The molecule has 10 heteroatoms. The molecule has 2 heterocycles. The number of piperazine rings is 1. The van der Waals surface area contributed by atoms with Gasteiger partial charge in [0.25, 0.3) is 0 Å². The third-order valence-corrected chi connectivity index (χ3v) is 6.93. The van der Waals surface area contributed by atoms with Gasteiger partial charge in [-0.25, -0.2) is 8.42 Å². The molecule has 1 saturated carbocycles. The maximum Gasteiger partial charge on any atom is 0.220 e. The van der Waals surface area contributed by atoms with Gasteiger partial charge in [-0.1, -0.05) is 12.1 Å². The number of hydrogen-bond acceptors (Lipinski definition) is 6. The predicted octanol–water partition coefficient (Wildman–Crippen LogP) is 0.182. The zero-order valence-corrected chi connectivity index (χ0v) is 17.0. The zero-order chi connectivity index (χ0) is 19.3. The Kier molecular flexibility index (Phi) is 6.72. The van der Waals surface area contributed by atoms with Crippen LogP contribution in [0.1, 0.15) is 25.5 Å². The van der Waals surface area contributed by atoms with Gasteiger partial charge in [0.05, 0.1) is 5.69 Å². The summed E-state index contributed by atoms with van der Waals surface area (Å²) >= 11 is 0. The van der Waals surface area contributed by atoms with E-state index in [-0.39, 0.29) is 5.75 Å². The topological polar surface area (TPSA) is 94.3 Å². The first-order chi connectivity index (χ1) is 13.0. The van der Waals surface area contributed by atoms with E-state index in [1.807, 2.05) is 0 Å². The number of guanidine groups is 1. The maximum absolute atomic E-state index is 12.5. The highest BCUT2D eigenvalue weighted by Crippen LogP contribution is 2.25. The van der Waals surface area contributed by atoms with Crippen molar-refractivity contribution in [2.75, 3.05) is 52.9 Å². The number of aliphatic imine (C=N–C) groups is 1. The van der Waals surface area contributed by atoms with Crippen LogP contribution in [0.15, 0.2) is 21.8 Å². The van der Waals surface area contributed by atoms with E-state index in [0.29, 0.717) is 31.9 Å². The fourth-order valence-electron chi connectivity index (χ4n) is 3.45. The Morgan fingerprint density at radius 2 is 2.11 bits per heavy atom. The molecule has 1 aliphatic heterocycles. The van der Waals surface area contributed by atoms with Crippen LogP contribution in [0.3, 0.4) is 0 Å². The monoisotopic (exact) mass is 398 g/mol. The van der Waals surface area contributed by atoms with Gasteiger partial charge in [-0.3, -0.25) is 9.89 Å². The van der Waals surface area contributed by atoms with Crippen molar-refractivity contribution in [2.45, 2.75) is 31.6 Å². The summed E-state index contributed by atoms with van der Waals surface area (Å²) in [6.07, 6.45) is 4.02. The highest BCUT2D eigenvalue weighted by atomic mass is 32.2. The summed E-state index contributed by atoms with van der Waals surface area (Å²) in [5, 5.41) is 7.12. The highest BCUT2D eigenvalue weighted by Gasteiger charge is 2.30. The van der Waals surface area contributed by atoms with Gasteiger partial charge in [0, 0.05) is 58.4 Å². The van der Waals surface area contributed by atoms with Gasteiger partial charge >= 0.3 is 0 Å². The molecule has 2 aliphatic rings.